The van der Waals surface area contributed by atoms with Crippen LogP contribution in [0.1, 0.15) is 0 Å². The molecule has 1 aliphatic rings. The Hall–Kier alpha value is -8.70. The summed E-state index contributed by atoms with van der Waals surface area (Å²) >= 11 is 0. The zero-order chi connectivity index (χ0) is 46.1. The zero-order valence-corrected chi connectivity index (χ0v) is 40.3. The minimum absolute atomic E-state index is 0. The molecule has 0 radical (unpaired) electrons. The summed E-state index contributed by atoms with van der Waals surface area (Å²) in [6.45, 7) is 2.21. The van der Waals surface area contributed by atoms with Crippen molar-refractivity contribution < 1.29 is 25.8 Å². The van der Waals surface area contributed by atoms with Gasteiger partial charge in [0.05, 0.1) is 11.0 Å². The molecule has 14 rings (SSSR count). The Morgan fingerprint density at radius 2 is 1.06 bits per heavy atom. The average Bonchev–Trinajstić information content (AvgIpc) is 4.10. The van der Waals surface area contributed by atoms with Crippen molar-refractivity contribution in [1.29, 1.82) is 0 Å². The van der Waals surface area contributed by atoms with Gasteiger partial charge in [0.25, 0.3) is 0 Å². The third-order valence-electron chi connectivity index (χ3n) is 13.6. The number of para-hydroxylation sites is 3. The summed E-state index contributed by atoms with van der Waals surface area (Å²) in [6.07, 6.45) is 1.83. The first kappa shape index (κ1) is 42.4. The number of hydrogen-bond acceptors (Lipinski definition) is 4. The number of benzene rings is 10. The summed E-state index contributed by atoms with van der Waals surface area (Å²) in [5.74, 6) is 1.95. The van der Waals surface area contributed by atoms with Crippen molar-refractivity contribution in [2.45, 2.75) is 0 Å². The van der Waals surface area contributed by atoms with Crippen molar-refractivity contribution in [3.05, 3.63) is 256 Å². The third-order valence-corrected chi connectivity index (χ3v) is 13.6. The minimum atomic E-state index is 0. The molecule has 6 nitrogen and oxygen atoms in total. The molecule has 0 aliphatic carbocycles. The van der Waals surface area contributed by atoms with Crippen LogP contribution in [-0.2, 0) is 21.1 Å². The molecule has 0 atom stereocenters. The zero-order valence-electron chi connectivity index (χ0n) is 38.1. The van der Waals surface area contributed by atoms with Crippen LogP contribution in [0, 0.1) is 18.8 Å². The molecule has 0 saturated carbocycles. The normalized spacial score (nSPS) is 12.3. The van der Waals surface area contributed by atoms with E-state index in [1.807, 2.05) is 42.6 Å². The molecule has 7 heteroatoms. The molecule has 71 heavy (non-hydrogen) atoms. The van der Waals surface area contributed by atoms with E-state index in [1.165, 1.54) is 21.8 Å². The number of ether oxygens (including phenoxy) is 1. The van der Waals surface area contributed by atoms with Crippen LogP contribution in [0.4, 0.5) is 22.7 Å². The van der Waals surface area contributed by atoms with Gasteiger partial charge < -0.3 is 23.7 Å². The Kier molecular flexibility index (Phi) is 10.4. The van der Waals surface area contributed by atoms with Crippen molar-refractivity contribution in [2.75, 3.05) is 9.80 Å². The van der Waals surface area contributed by atoms with Crippen molar-refractivity contribution in [2.24, 2.45) is 0 Å². The number of hydrogen-bond donors (Lipinski definition) is 0. The number of fused-ring (bicyclic) bond motifs is 9. The maximum atomic E-state index is 6.77. The van der Waals surface area contributed by atoms with Gasteiger partial charge in [0.15, 0.2) is 0 Å². The first-order chi connectivity index (χ1) is 34.7. The molecule has 1 aliphatic heterocycles. The Labute approximate surface area is 425 Å². The fourth-order valence-corrected chi connectivity index (χ4v) is 10.6. The van der Waals surface area contributed by atoms with Gasteiger partial charge in [-0.3, -0.25) is 0 Å². The van der Waals surface area contributed by atoms with Crippen molar-refractivity contribution in [3.8, 4) is 45.3 Å². The minimum Gasteiger partial charge on any atom is -0.509 e. The van der Waals surface area contributed by atoms with Gasteiger partial charge in [-0.2, -0.15) is 12.1 Å². The molecule has 0 fully saturated rings. The van der Waals surface area contributed by atoms with E-state index in [-0.39, 0.29) is 21.1 Å². The van der Waals surface area contributed by atoms with Crippen LogP contribution in [0.2, 0.25) is 0 Å². The van der Waals surface area contributed by atoms with Crippen LogP contribution < -0.4 is 14.5 Å². The molecule has 340 valence electrons. The fourth-order valence-electron chi connectivity index (χ4n) is 10.6. The number of aromatic nitrogens is 3. The smallest absolute Gasteiger partial charge is 0.135 e. The van der Waals surface area contributed by atoms with E-state index in [0.717, 1.165) is 89.1 Å². The van der Waals surface area contributed by atoms with Gasteiger partial charge >= 0.3 is 0 Å². The van der Waals surface area contributed by atoms with Crippen LogP contribution in [-0.4, -0.2) is 14.1 Å². The molecular formula is C64H40N5OPt-3. The summed E-state index contributed by atoms with van der Waals surface area (Å²) < 4.78 is 11.3. The standard InChI is InChI=1S/C64H40N5O.Pt/c1-3-17-43(18-4-1)50-27-16-28-51(44-19-5-2-6-20-44)63(50)67-42-66(60-36-32-45-21-7-8-24-52(45)64(60)67)46-22-15-23-48(39-46)70-49-34-35-55-56-40-47(33-37-59(56)69(61(55)41-49)62-31-13-14-38-65-62)68-57-29-11-9-25-53(57)54-26-10-12-30-58(54)68;/h1-38,40,42H;/q-3;. The van der Waals surface area contributed by atoms with Gasteiger partial charge in [0.1, 0.15) is 5.82 Å². The van der Waals surface area contributed by atoms with Gasteiger partial charge in [-0.1, -0.05) is 157 Å². The van der Waals surface area contributed by atoms with Gasteiger partial charge in [-0.05, 0) is 70.4 Å². The molecule has 0 spiro atoms. The number of pyridine rings is 1. The van der Waals surface area contributed by atoms with Crippen molar-refractivity contribution in [1.82, 2.24) is 14.1 Å². The first-order valence-corrected chi connectivity index (χ1v) is 23.5. The number of nitrogens with zero attached hydrogens (tertiary/aromatic N) is 5. The summed E-state index contributed by atoms with van der Waals surface area (Å²) in [7, 11) is 0. The Morgan fingerprint density at radius 1 is 0.423 bits per heavy atom. The molecule has 0 unspecified atom stereocenters. The summed E-state index contributed by atoms with van der Waals surface area (Å²) in [5, 5.41) is 6.93. The average molecular weight is 1090 g/mol. The Balaban J connectivity index is 0.00000492. The van der Waals surface area contributed by atoms with E-state index >= 15 is 0 Å². The van der Waals surface area contributed by atoms with E-state index in [4.69, 9.17) is 9.72 Å². The van der Waals surface area contributed by atoms with Crippen LogP contribution in [0.3, 0.4) is 0 Å². The van der Waals surface area contributed by atoms with Gasteiger partial charge in [-0.25, -0.2) is 4.98 Å². The summed E-state index contributed by atoms with van der Waals surface area (Å²) in [6, 6.07) is 88.5. The molecule has 4 heterocycles. The number of anilines is 4. The molecule has 13 aromatic rings. The van der Waals surface area contributed by atoms with Gasteiger partial charge in [0.2, 0.25) is 0 Å². The van der Waals surface area contributed by atoms with Crippen molar-refractivity contribution in [3.63, 3.8) is 0 Å². The fraction of sp³-hybridized carbons (Fsp3) is 0. The molecule has 0 N–H and O–H groups in total. The summed E-state index contributed by atoms with van der Waals surface area (Å²) in [5.41, 5.74) is 14.0. The van der Waals surface area contributed by atoms with E-state index in [9.17, 15) is 0 Å². The maximum absolute atomic E-state index is 6.77. The topological polar surface area (TPSA) is 38.5 Å². The second-order valence-electron chi connectivity index (χ2n) is 17.6. The number of rotatable bonds is 8. The monoisotopic (exact) mass is 1090 g/mol. The first-order valence-electron chi connectivity index (χ1n) is 23.5. The van der Waals surface area contributed by atoms with Crippen LogP contribution in [0.15, 0.2) is 237 Å². The SMILES string of the molecule is [Pt].[c-]1c(Oc2[c-]c3c(cc2)c2cc(-n4c5ccccc5c5ccccc54)ccc2n3-c2ccccn2)cccc1N1[CH-]N(c2c(-c3ccccc3)cccc2-c2ccccc2)c2c1ccc1ccccc21. The van der Waals surface area contributed by atoms with Crippen molar-refractivity contribution >= 4 is 77.1 Å². The predicted molar refractivity (Wildman–Crippen MR) is 287 cm³/mol. The quantitative estimate of drug-likeness (QED) is 0.142. The molecule has 10 aromatic carbocycles. The second kappa shape index (κ2) is 17.4. The molecule has 0 bridgehead atoms. The maximum Gasteiger partial charge on any atom is 0.135 e. The van der Waals surface area contributed by atoms with E-state index in [1.54, 1.807) is 0 Å². The molecular weight excluding hydrogens is 1050 g/mol. The largest absolute Gasteiger partial charge is 0.509 e. The third kappa shape index (κ3) is 7.01. The Bertz CT molecular complexity index is 4040. The van der Waals surface area contributed by atoms with E-state index < -0.39 is 0 Å². The van der Waals surface area contributed by atoms with Crippen LogP contribution in [0.5, 0.6) is 11.5 Å². The van der Waals surface area contributed by atoms with Crippen LogP contribution in [0.25, 0.3) is 88.1 Å². The van der Waals surface area contributed by atoms with Gasteiger partial charge in [-0.15, -0.1) is 48.1 Å². The predicted octanol–water partition coefficient (Wildman–Crippen LogP) is 16.6. The Morgan fingerprint density at radius 3 is 1.77 bits per heavy atom. The van der Waals surface area contributed by atoms with E-state index in [2.05, 4.69) is 232 Å². The second-order valence-corrected chi connectivity index (χ2v) is 17.6. The van der Waals surface area contributed by atoms with Crippen LogP contribution >= 0.6 is 0 Å². The molecule has 0 saturated heterocycles. The van der Waals surface area contributed by atoms with Gasteiger partial charge in [0, 0.05) is 94.3 Å². The summed E-state index contributed by atoms with van der Waals surface area (Å²) in [4.78, 5) is 9.43. The molecule has 0 amide bonds. The molecule has 3 aromatic heterocycles. The van der Waals surface area contributed by atoms with E-state index in [0.29, 0.717) is 11.5 Å².